The van der Waals surface area contributed by atoms with Crippen LogP contribution in [0.1, 0.15) is 18.4 Å². The van der Waals surface area contributed by atoms with Crippen molar-refractivity contribution in [3.63, 3.8) is 0 Å². The minimum atomic E-state index is 0.190. The topological polar surface area (TPSA) is 20.3 Å². The maximum absolute atomic E-state index is 12.1. The fourth-order valence-corrected chi connectivity index (χ4v) is 2.79. The van der Waals surface area contributed by atoms with Gasteiger partial charge in [-0.1, -0.05) is 28.1 Å². The van der Waals surface area contributed by atoms with Gasteiger partial charge in [-0.15, -0.1) is 11.6 Å². The number of amides is 1. The van der Waals surface area contributed by atoms with Crippen LogP contribution in [0, 0.1) is 0 Å². The summed E-state index contributed by atoms with van der Waals surface area (Å²) in [4.78, 5) is 14.1. The van der Waals surface area contributed by atoms with Crippen LogP contribution in [-0.4, -0.2) is 29.3 Å². The summed E-state index contributed by atoms with van der Waals surface area (Å²) in [5, 5.41) is 0. The SMILES string of the molecule is O=C(Cc1ccc(Br)cc1)N1CCCC1CCl. The first-order chi connectivity index (χ1) is 8.20. The molecule has 0 N–H and O–H groups in total. The van der Waals surface area contributed by atoms with E-state index in [2.05, 4.69) is 15.9 Å². The molecule has 17 heavy (non-hydrogen) atoms. The van der Waals surface area contributed by atoms with Crippen LogP contribution in [0.3, 0.4) is 0 Å². The van der Waals surface area contributed by atoms with Gasteiger partial charge in [-0.3, -0.25) is 4.79 Å². The summed E-state index contributed by atoms with van der Waals surface area (Å²) in [6.07, 6.45) is 2.58. The Hall–Kier alpha value is -0.540. The standard InChI is InChI=1S/C13H15BrClNO/c14-11-5-3-10(4-6-11)8-13(17)16-7-1-2-12(16)9-15/h3-6,12H,1-2,7-9H2. The predicted molar refractivity (Wildman–Crippen MR) is 73.3 cm³/mol. The Morgan fingerprint density at radius 2 is 2.12 bits per heavy atom. The molecule has 2 nitrogen and oxygen atoms in total. The molecule has 1 fully saturated rings. The molecule has 0 aromatic heterocycles. The predicted octanol–water partition coefficient (Wildman–Crippen LogP) is 3.22. The van der Waals surface area contributed by atoms with E-state index >= 15 is 0 Å². The number of halogens is 2. The van der Waals surface area contributed by atoms with Gasteiger partial charge in [-0.05, 0) is 30.5 Å². The zero-order valence-corrected chi connectivity index (χ0v) is 11.9. The number of rotatable bonds is 3. The molecule has 92 valence electrons. The third kappa shape index (κ3) is 3.23. The molecule has 1 aromatic carbocycles. The molecule has 4 heteroatoms. The van der Waals surface area contributed by atoms with E-state index in [1.165, 1.54) is 0 Å². The van der Waals surface area contributed by atoms with Gasteiger partial charge in [0.05, 0.1) is 6.42 Å². The van der Waals surface area contributed by atoms with Crippen LogP contribution in [-0.2, 0) is 11.2 Å². The van der Waals surface area contributed by atoms with Crippen molar-refractivity contribution in [1.82, 2.24) is 4.90 Å². The molecule has 0 bridgehead atoms. The van der Waals surface area contributed by atoms with Gasteiger partial charge in [-0.25, -0.2) is 0 Å². The largest absolute Gasteiger partial charge is 0.338 e. The highest BCUT2D eigenvalue weighted by molar-refractivity contribution is 9.10. The highest BCUT2D eigenvalue weighted by atomic mass is 79.9. The van der Waals surface area contributed by atoms with E-state index in [1.807, 2.05) is 29.2 Å². The summed E-state index contributed by atoms with van der Waals surface area (Å²) in [5.41, 5.74) is 1.05. The fraction of sp³-hybridized carbons (Fsp3) is 0.462. The number of carbonyl (C=O) groups excluding carboxylic acids is 1. The lowest BCUT2D eigenvalue weighted by molar-refractivity contribution is -0.130. The highest BCUT2D eigenvalue weighted by Gasteiger charge is 2.27. The van der Waals surface area contributed by atoms with Gasteiger partial charge >= 0.3 is 0 Å². The Morgan fingerprint density at radius 1 is 1.41 bits per heavy atom. The molecule has 0 spiro atoms. The van der Waals surface area contributed by atoms with E-state index in [4.69, 9.17) is 11.6 Å². The average molecular weight is 317 g/mol. The van der Waals surface area contributed by atoms with Crippen molar-refractivity contribution in [2.24, 2.45) is 0 Å². The van der Waals surface area contributed by atoms with Crippen molar-refractivity contribution in [3.05, 3.63) is 34.3 Å². The van der Waals surface area contributed by atoms with Crippen molar-refractivity contribution in [1.29, 1.82) is 0 Å². The zero-order chi connectivity index (χ0) is 12.3. The summed E-state index contributed by atoms with van der Waals surface area (Å²) in [5.74, 6) is 0.738. The molecule has 0 saturated carbocycles. The average Bonchev–Trinajstić information content (AvgIpc) is 2.80. The zero-order valence-electron chi connectivity index (χ0n) is 9.53. The van der Waals surface area contributed by atoms with E-state index < -0.39 is 0 Å². The number of alkyl halides is 1. The Bertz CT molecular complexity index is 393. The first-order valence-electron chi connectivity index (χ1n) is 5.80. The van der Waals surface area contributed by atoms with E-state index in [0.717, 1.165) is 29.4 Å². The van der Waals surface area contributed by atoms with Crippen molar-refractivity contribution in [3.8, 4) is 0 Å². The molecule has 1 aliphatic rings. The minimum Gasteiger partial charge on any atom is -0.338 e. The molecular formula is C13H15BrClNO. The summed E-state index contributed by atoms with van der Waals surface area (Å²) < 4.78 is 1.04. The van der Waals surface area contributed by atoms with Gasteiger partial charge in [0.2, 0.25) is 5.91 Å². The fourth-order valence-electron chi connectivity index (χ4n) is 2.20. The van der Waals surface area contributed by atoms with Crippen LogP contribution in [0.25, 0.3) is 0 Å². The number of hydrogen-bond acceptors (Lipinski definition) is 1. The number of hydrogen-bond donors (Lipinski definition) is 0. The molecule has 1 atom stereocenters. The summed E-state index contributed by atoms with van der Waals surface area (Å²) in [6, 6.07) is 8.12. The molecule has 1 amide bonds. The summed E-state index contributed by atoms with van der Waals surface area (Å²) in [7, 11) is 0. The van der Waals surface area contributed by atoms with Gasteiger partial charge in [0.1, 0.15) is 0 Å². The van der Waals surface area contributed by atoms with Crippen LogP contribution in [0.4, 0.5) is 0 Å². The molecule has 1 saturated heterocycles. The molecule has 1 aliphatic heterocycles. The monoisotopic (exact) mass is 315 g/mol. The van der Waals surface area contributed by atoms with Gasteiger partial charge in [0.15, 0.2) is 0 Å². The quantitative estimate of drug-likeness (QED) is 0.784. The lowest BCUT2D eigenvalue weighted by Crippen LogP contribution is -2.37. The molecule has 0 radical (unpaired) electrons. The van der Waals surface area contributed by atoms with Gasteiger partial charge in [0.25, 0.3) is 0 Å². The maximum atomic E-state index is 12.1. The lowest BCUT2D eigenvalue weighted by Gasteiger charge is -2.22. The third-order valence-electron chi connectivity index (χ3n) is 3.14. The number of nitrogens with zero attached hydrogens (tertiary/aromatic N) is 1. The molecular weight excluding hydrogens is 302 g/mol. The van der Waals surface area contributed by atoms with Crippen LogP contribution >= 0.6 is 27.5 Å². The van der Waals surface area contributed by atoms with Crippen LogP contribution < -0.4 is 0 Å². The normalized spacial score (nSPS) is 19.6. The van der Waals surface area contributed by atoms with Crippen LogP contribution in [0.2, 0.25) is 0 Å². The summed E-state index contributed by atoms with van der Waals surface area (Å²) in [6.45, 7) is 0.854. The second kappa shape index (κ2) is 5.87. The van der Waals surface area contributed by atoms with Crippen molar-refractivity contribution < 1.29 is 4.79 Å². The number of carbonyl (C=O) groups is 1. The third-order valence-corrected chi connectivity index (χ3v) is 4.03. The van der Waals surface area contributed by atoms with Crippen molar-refractivity contribution >= 4 is 33.4 Å². The van der Waals surface area contributed by atoms with E-state index in [0.29, 0.717) is 12.3 Å². The molecule has 0 aliphatic carbocycles. The van der Waals surface area contributed by atoms with Crippen molar-refractivity contribution in [2.75, 3.05) is 12.4 Å². The molecule has 1 aromatic rings. The van der Waals surface area contributed by atoms with E-state index in [1.54, 1.807) is 0 Å². The Balaban J connectivity index is 1.99. The van der Waals surface area contributed by atoms with E-state index in [-0.39, 0.29) is 11.9 Å². The van der Waals surface area contributed by atoms with Crippen LogP contribution in [0.5, 0.6) is 0 Å². The summed E-state index contributed by atoms with van der Waals surface area (Å²) >= 11 is 9.26. The Morgan fingerprint density at radius 3 is 2.76 bits per heavy atom. The smallest absolute Gasteiger partial charge is 0.227 e. The number of benzene rings is 1. The molecule has 2 rings (SSSR count). The number of likely N-dealkylation sites (tertiary alicyclic amines) is 1. The molecule has 1 unspecified atom stereocenters. The van der Waals surface area contributed by atoms with Gasteiger partial charge in [0, 0.05) is 22.9 Å². The van der Waals surface area contributed by atoms with Crippen LogP contribution in [0.15, 0.2) is 28.7 Å². The van der Waals surface area contributed by atoms with Crippen molar-refractivity contribution in [2.45, 2.75) is 25.3 Å². The first-order valence-corrected chi connectivity index (χ1v) is 7.13. The molecule has 1 heterocycles. The second-order valence-corrected chi connectivity index (χ2v) is 5.57. The van der Waals surface area contributed by atoms with Gasteiger partial charge < -0.3 is 4.90 Å². The van der Waals surface area contributed by atoms with E-state index in [9.17, 15) is 4.79 Å². The Labute approximate surface area is 115 Å². The first kappa shape index (κ1) is 12.9. The highest BCUT2D eigenvalue weighted by Crippen LogP contribution is 2.20. The maximum Gasteiger partial charge on any atom is 0.227 e. The minimum absolute atomic E-state index is 0.190. The second-order valence-electron chi connectivity index (χ2n) is 4.34. The van der Waals surface area contributed by atoms with Gasteiger partial charge in [-0.2, -0.15) is 0 Å². The lowest BCUT2D eigenvalue weighted by atomic mass is 10.1. The Kier molecular flexibility index (Phi) is 4.46.